The number of aromatic nitrogens is 3. The van der Waals surface area contributed by atoms with Gasteiger partial charge in [-0.15, -0.1) is 21.5 Å². The lowest BCUT2D eigenvalue weighted by molar-refractivity contribution is -0.127. The second kappa shape index (κ2) is 9.11. The summed E-state index contributed by atoms with van der Waals surface area (Å²) in [5, 5.41) is 11.5. The SMILES string of the molecule is CN(Cc1ccco1)C(=O)CSc1nnc(Cc2cccs2)n1-c1ccccc1. The van der Waals surface area contributed by atoms with Crippen molar-refractivity contribution in [1.29, 1.82) is 0 Å². The van der Waals surface area contributed by atoms with Crippen LogP contribution < -0.4 is 0 Å². The Morgan fingerprint density at radius 3 is 2.72 bits per heavy atom. The van der Waals surface area contributed by atoms with E-state index in [1.54, 1.807) is 29.5 Å². The van der Waals surface area contributed by atoms with E-state index in [1.807, 2.05) is 53.1 Å². The van der Waals surface area contributed by atoms with Crippen LogP contribution in [-0.4, -0.2) is 38.4 Å². The predicted octanol–water partition coefficient (Wildman–Crippen LogP) is 4.26. The molecule has 0 saturated carbocycles. The molecule has 4 aromatic rings. The molecule has 6 nitrogen and oxygen atoms in total. The molecule has 3 heterocycles. The Hall–Kier alpha value is -2.84. The minimum atomic E-state index is 0.00817. The molecule has 1 aromatic carbocycles. The summed E-state index contributed by atoms with van der Waals surface area (Å²) in [5.41, 5.74) is 0.989. The molecule has 29 heavy (non-hydrogen) atoms. The second-order valence-corrected chi connectivity index (χ2v) is 8.42. The molecule has 0 spiro atoms. The third kappa shape index (κ3) is 4.78. The molecule has 0 aliphatic carbocycles. The lowest BCUT2D eigenvalue weighted by atomic mass is 10.3. The number of para-hydroxylation sites is 1. The van der Waals surface area contributed by atoms with E-state index < -0.39 is 0 Å². The number of nitrogens with zero attached hydrogens (tertiary/aromatic N) is 4. The van der Waals surface area contributed by atoms with E-state index in [-0.39, 0.29) is 11.7 Å². The van der Waals surface area contributed by atoms with Gasteiger partial charge in [-0.1, -0.05) is 36.0 Å². The number of furan rings is 1. The Labute approximate surface area is 177 Å². The van der Waals surface area contributed by atoms with Crippen molar-refractivity contribution < 1.29 is 9.21 Å². The molecule has 0 fully saturated rings. The fourth-order valence-electron chi connectivity index (χ4n) is 2.87. The van der Waals surface area contributed by atoms with Gasteiger partial charge in [-0.2, -0.15) is 0 Å². The largest absolute Gasteiger partial charge is 0.467 e. The quantitative estimate of drug-likeness (QED) is 0.396. The molecule has 0 saturated heterocycles. The van der Waals surface area contributed by atoms with Crippen LogP contribution in [0.2, 0.25) is 0 Å². The highest BCUT2D eigenvalue weighted by Gasteiger charge is 2.18. The fourth-order valence-corrected chi connectivity index (χ4v) is 4.49. The van der Waals surface area contributed by atoms with Crippen LogP contribution in [0.15, 0.2) is 75.8 Å². The number of thiophene rings is 1. The van der Waals surface area contributed by atoms with Crippen LogP contribution in [0.1, 0.15) is 16.5 Å². The minimum absolute atomic E-state index is 0.00817. The van der Waals surface area contributed by atoms with Crippen molar-refractivity contribution in [3.63, 3.8) is 0 Å². The topological polar surface area (TPSA) is 64.2 Å². The maximum atomic E-state index is 12.6. The maximum absolute atomic E-state index is 12.6. The molecule has 0 bridgehead atoms. The van der Waals surface area contributed by atoms with Crippen LogP contribution in [0, 0.1) is 0 Å². The van der Waals surface area contributed by atoms with E-state index in [9.17, 15) is 4.79 Å². The molecule has 0 radical (unpaired) electrons. The number of benzene rings is 1. The van der Waals surface area contributed by atoms with Gasteiger partial charge in [-0.05, 0) is 35.7 Å². The highest BCUT2D eigenvalue weighted by Crippen LogP contribution is 2.24. The van der Waals surface area contributed by atoms with Crippen molar-refractivity contribution in [1.82, 2.24) is 19.7 Å². The Morgan fingerprint density at radius 2 is 2.00 bits per heavy atom. The van der Waals surface area contributed by atoms with Gasteiger partial charge in [-0.25, -0.2) is 0 Å². The first kappa shape index (κ1) is 19.5. The van der Waals surface area contributed by atoms with E-state index in [1.165, 1.54) is 16.6 Å². The molecule has 0 atom stereocenters. The first-order valence-electron chi connectivity index (χ1n) is 9.12. The smallest absolute Gasteiger partial charge is 0.233 e. The van der Waals surface area contributed by atoms with Gasteiger partial charge in [0, 0.05) is 24.0 Å². The van der Waals surface area contributed by atoms with Crippen LogP contribution in [0.5, 0.6) is 0 Å². The number of amides is 1. The minimum Gasteiger partial charge on any atom is -0.467 e. The number of carbonyl (C=O) groups is 1. The summed E-state index contributed by atoms with van der Waals surface area (Å²) in [6.07, 6.45) is 2.31. The maximum Gasteiger partial charge on any atom is 0.233 e. The fraction of sp³-hybridized carbons (Fsp3) is 0.190. The molecule has 3 aromatic heterocycles. The van der Waals surface area contributed by atoms with Crippen molar-refractivity contribution in [2.45, 2.75) is 18.1 Å². The van der Waals surface area contributed by atoms with Crippen molar-refractivity contribution in [3.05, 3.63) is 82.7 Å². The van der Waals surface area contributed by atoms with Gasteiger partial charge in [-0.3, -0.25) is 9.36 Å². The van der Waals surface area contributed by atoms with Crippen molar-refractivity contribution >= 4 is 29.0 Å². The highest BCUT2D eigenvalue weighted by atomic mass is 32.2. The van der Waals surface area contributed by atoms with Gasteiger partial charge in [0.05, 0.1) is 18.6 Å². The summed E-state index contributed by atoms with van der Waals surface area (Å²) >= 11 is 3.09. The average molecular weight is 425 g/mol. The number of thioether (sulfide) groups is 1. The van der Waals surface area contributed by atoms with Crippen molar-refractivity contribution in [2.75, 3.05) is 12.8 Å². The van der Waals surface area contributed by atoms with Gasteiger partial charge in [0.15, 0.2) is 5.16 Å². The molecule has 0 N–H and O–H groups in total. The van der Waals surface area contributed by atoms with Gasteiger partial charge >= 0.3 is 0 Å². The van der Waals surface area contributed by atoms with Gasteiger partial charge in [0.2, 0.25) is 5.91 Å². The van der Waals surface area contributed by atoms with Gasteiger partial charge < -0.3 is 9.32 Å². The molecular formula is C21H20N4O2S2. The van der Waals surface area contributed by atoms with E-state index in [0.29, 0.717) is 18.1 Å². The molecule has 148 valence electrons. The summed E-state index contributed by atoms with van der Waals surface area (Å²) in [6, 6.07) is 17.8. The van der Waals surface area contributed by atoms with Crippen LogP contribution in [0.4, 0.5) is 0 Å². The third-order valence-electron chi connectivity index (χ3n) is 4.35. The van der Waals surface area contributed by atoms with Crippen molar-refractivity contribution in [3.8, 4) is 5.69 Å². The summed E-state index contributed by atoms with van der Waals surface area (Å²) in [5.74, 6) is 1.91. The lowest BCUT2D eigenvalue weighted by Gasteiger charge is -2.15. The van der Waals surface area contributed by atoms with E-state index in [4.69, 9.17) is 4.42 Å². The lowest BCUT2D eigenvalue weighted by Crippen LogP contribution is -2.27. The zero-order valence-corrected chi connectivity index (χ0v) is 17.5. The zero-order valence-electron chi connectivity index (χ0n) is 15.9. The number of hydrogen-bond donors (Lipinski definition) is 0. The molecule has 0 aliphatic heterocycles. The normalized spacial score (nSPS) is 10.9. The van der Waals surface area contributed by atoms with Gasteiger partial charge in [0.1, 0.15) is 11.6 Å². The Bertz CT molecular complexity index is 1040. The van der Waals surface area contributed by atoms with Crippen LogP contribution in [-0.2, 0) is 17.8 Å². The van der Waals surface area contributed by atoms with Crippen LogP contribution in [0.3, 0.4) is 0 Å². The second-order valence-electron chi connectivity index (χ2n) is 6.44. The molecule has 4 rings (SSSR count). The van der Waals surface area contributed by atoms with Crippen LogP contribution >= 0.6 is 23.1 Å². The average Bonchev–Trinajstić information content (AvgIpc) is 3.50. The van der Waals surface area contributed by atoms with Crippen molar-refractivity contribution in [2.24, 2.45) is 0 Å². The summed E-state index contributed by atoms with van der Waals surface area (Å²) in [4.78, 5) is 15.4. The van der Waals surface area contributed by atoms with E-state index in [0.717, 1.165) is 17.3 Å². The Kier molecular flexibility index (Phi) is 6.12. The first-order valence-corrected chi connectivity index (χ1v) is 11.0. The number of hydrogen-bond acceptors (Lipinski definition) is 6. The molecule has 0 aliphatic rings. The molecule has 8 heteroatoms. The third-order valence-corrected chi connectivity index (χ3v) is 6.14. The van der Waals surface area contributed by atoms with Crippen LogP contribution in [0.25, 0.3) is 5.69 Å². The Balaban J connectivity index is 1.50. The summed E-state index contributed by atoms with van der Waals surface area (Å²) < 4.78 is 7.35. The van der Waals surface area contributed by atoms with E-state index >= 15 is 0 Å². The molecule has 0 unspecified atom stereocenters. The summed E-state index contributed by atoms with van der Waals surface area (Å²) in [6.45, 7) is 0.446. The number of carbonyl (C=O) groups excluding carboxylic acids is 1. The highest BCUT2D eigenvalue weighted by molar-refractivity contribution is 7.99. The Morgan fingerprint density at radius 1 is 1.14 bits per heavy atom. The first-order chi connectivity index (χ1) is 14.2. The standard InChI is InChI=1S/C21H20N4O2S2/c1-24(14-17-9-5-11-27-17)20(26)15-29-21-23-22-19(13-18-10-6-12-28-18)25(21)16-7-3-2-4-8-16/h2-12H,13-15H2,1H3. The monoisotopic (exact) mass is 424 g/mol. The van der Waals surface area contributed by atoms with E-state index in [2.05, 4.69) is 21.6 Å². The zero-order chi connectivity index (χ0) is 20.1. The molecular weight excluding hydrogens is 404 g/mol. The molecule has 1 amide bonds. The summed E-state index contributed by atoms with van der Waals surface area (Å²) in [7, 11) is 1.77. The van der Waals surface area contributed by atoms with Gasteiger partial charge in [0.25, 0.3) is 0 Å². The predicted molar refractivity (Wildman–Crippen MR) is 114 cm³/mol. The number of rotatable bonds is 8.